The van der Waals surface area contributed by atoms with Gasteiger partial charge in [-0.25, -0.2) is 4.79 Å². The highest BCUT2D eigenvalue weighted by molar-refractivity contribution is 6.70. The fourth-order valence-electron chi connectivity index (χ4n) is 1.01. The second kappa shape index (κ2) is 5.12. The van der Waals surface area contributed by atoms with Gasteiger partial charge in [-0.15, -0.1) is 0 Å². The third-order valence-electron chi connectivity index (χ3n) is 1.36. The molecule has 0 bridgehead atoms. The van der Waals surface area contributed by atoms with Crippen LogP contribution in [0, 0.1) is 0 Å². The van der Waals surface area contributed by atoms with Gasteiger partial charge in [0.05, 0.1) is 0 Å². The maximum atomic E-state index is 10.6. The van der Waals surface area contributed by atoms with Gasteiger partial charge in [0.1, 0.15) is 0 Å². The van der Waals surface area contributed by atoms with Crippen molar-refractivity contribution >= 4 is 14.7 Å². The zero-order valence-electron chi connectivity index (χ0n) is 7.59. The molecule has 6 heteroatoms. The molecule has 72 valence electrons. The molecule has 0 spiro atoms. The number of primary amides is 1. The number of hydrogen-bond acceptors (Lipinski definition) is 3. The summed E-state index contributed by atoms with van der Waals surface area (Å²) in [5.74, 6) is 0. The molecule has 0 heterocycles. The summed E-state index contributed by atoms with van der Waals surface area (Å²) in [7, 11) is -2.54. The van der Waals surface area contributed by atoms with Gasteiger partial charge in [-0.3, -0.25) is 0 Å². The Bertz CT molecular complexity index is 148. The van der Waals surface area contributed by atoms with Gasteiger partial charge in [0.15, 0.2) is 0 Å². The van der Waals surface area contributed by atoms with Crippen LogP contribution in [-0.4, -0.2) is 21.3 Å². The van der Waals surface area contributed by atoms with Crippen LogP contribution in [0.3, 0.4) is 0 Å². The second-order valence-electron chi connectivity index (χ2n) is 2.56. The minimum Gasteiger partial charge on any atom is -0.388 e. The van der Waals surface area contributed by atoms with Gasteiger partial charge in [-0.2, -0.15) is 0 Å². The van der Waals surface area contributed by atoms with E-state index in [1.807, 2.05) is 13.8 Å². The molecule has 0 aromatic heterocycles. The molecule has 0 saturated carbocycles. The molecule has 0 aliphatic heterocycles. The molecule has 0 aliphatic rings. The van der Waals surface area contributed by atoms with Crippen molar-refractivity contribution in [2.75, 3.05) is 6.61 Å². The lowest BCUT2D eigenvalue weighted by atomic mass is 10.6. The van der Waals surface area contributed by atoms with Gasteiger partial charge in [0.2, 0.25) is 0 Å². The van der Waals surface area contributed by atoms with Crippen molar-refractivity contribution < 1.29 is 9.22 Å². The van der Waals surface area contributed by atoms with Crippen LogP contribution in [0.1, 0.15) is 20.3 Å². The summed E-state index contributed by atoms with van der Waals surface area (Å²) in [5.41, 5.74) is 4.96. The van der Waals surface area contributed by atoms with Crippen molar-refractivity contribution in [3.05, 3.63) is 0 Å². The summed E-state index contributed by atoms with van der Waals surface area (Å²) < 4.78 is 5.29. The summed E-state index contributed by atoms with van der Waals surface area (Å²) >= 11 is 0. The van der Waals surface area contributed by atoms with Crippen LogP contribution in [0.5, 0.6) is 0 Å². The summed E-state index contributed by atoms with van der Waals surface area (Å²) in [6.45, 7) is 4.33. The topological polar surface area (TPSA) is 90.4 Å². The third-order valence-corrected chi connectivity index (χ3v) is 4.07. The number of carbonyl (C=O) groups is 1. The fraction of sp³-hybridized carbons (Fsp3) is 0.833. The molecule has 0 radical (unpaired) electrons. The molecule has 2 amide bonds. The average Bonchev–Trinajstić information content (AvgIpc) is 1.85. The molecule has 0 saturated heterocycles. The van der Waals surface area contributed by atoms with Crippen molar-refractivity contribution in [3.63, 3.8) is 0 Å². The van der Waals surface area contributed by atoms with E-state index < -0.39 is 14.7 Å². The summed E-state index contributed by atoms with van der Waals surface area (Å²) in [6.07, 6.45) is 0.878. The van der Waals surface area contributed by atoms with Crippen LogP contribution in [0.4, 0.5) is 4.79 Å². The van der Waals surface area contributed by atoms with E-state index in [-0.39, 0.29) is 0 Å². The number of amides is 2. The highest BCUT2D eigenvalue weighted by Crippen LogP contribution is 2.03. The number of nitrogens with one attached hydrogen (secondary N) is 1. The average molecular weight is 191 g/mol. The monoisotopic (exact) mass is 191 g/mol. The van der Waals surface area contributed by atoms with E-state index in [0.717, 1.165) is 6.42 Å². The molecule has 1 atom stereocenters. The summed E-state index contributed by atoms with van der Waals surface area (Å²) in [4.78, 5) is 13.0. The first-order chi connectivity index (χ1) is 5.54. The van der Waals surface area contributed by atoms with Crippen molar-refractivity contribution in [2.45, 2.75) is 26.3 Å². The maximum absolute atomic E-state index is 10.6. The Kier molecular flexibility index (Phi) is 4.87. The first kappa shape index (κ1) is 11.4. The third kappa shape index (κ3) is 4.32. The zero-order chi connectivity index (χ0) is 9.61. The Labute approximate surface area is 73.7 Å². The van der Waals surface area contributed by atoms with Crippen molar-refractivity contribution in [3.8, 4) is 0 Å². The SMILES string of the molecule is CCC[Si](N)(NC(N)=O)OCC. The Hall–Kier alpha value is -0.593. The molecule has 0 aromatic carbocycles. The predicted octanol–water partition coefficient (Wildman–Crippen LogP) is -0.00120. The first-order valence-corrected chi connectivity index (χ1v) is 6.23. The van der Waals surface area contributed by atoms with Crippen LogP contribution >= 0.6 is 0 Å². The Morgan fingerprint density at radius 1 is 1.58 bits per heavy atom. The van der Waals surface area contributed by atoms with Gasteiger partial charge in [0, 0.05) is 6.61 Å². The smallest absolute Gasteiger partial charge is 0.383 e. The van der Waals surface area contributed by atoms with Gasteiger partial charge < -0.3 is 20.5 Å². The van der Waals surface area contributed by atoms with E-state index in [0.29, 0.717) is 12.7 Å². The van der Waals surface area contributed by atoms with E-state index >= 15 is 0 Å². The summed E-state index contributed by atoms with van der Waals surface area (Å²) in [6, 6.07) is 0.0788. The molecule has 0 rings (SSSR count). The highest BCUT2D eigenvalue weighted by Gasteiger charge is 2.31. The number of urea groups is 1. The number of carbonyl (C=O) groups excluding carboxylic acids is 1. The van der Waals surface area contributed by atoms with Gasteiger partial charge in [-0.05, 0) is 13.0 Å². The molecule has 1 unspecified atom stereocenters. The van der Waals surface area contributed by atoms with E-state index in [1.54, 1.807) is 0 Å². The molecule has 0 aromatic rings. The van der Waals surface area contributed by atoms with Crippen molar-refractivity contribution in [2.24, 2.45) is 11.1 Å². The molecule has 5 nitrogen and oxygen atoms in total. The largest absolute Gasteiger partial charge is 0.388 e. The van der Waals surface area contributed by atoms with Gasteiger partial charge in [0.25, 0.3) is 0 Å². The van der Waals surface area contributed by atoms with E-state index in [1.165, 1.54) is 0 Å². The Balaban J connectivity index is 4.07. The Morgan fingerprint density at radius 3 is 2.50 bits per heavy atom. The number of nitrogens with two attached hydrogens (primary N) is 2. The first-order valence-electron chi connectivity index (χ1n) is 4.04. The molecule has 5 N–H and O–H groups in total. The minimum absolute atomic E-state index is 0.503. The molecule has 0 fully saturated rings. The predicted molar refractivity (Wildman–Crippen MR) is 49.4 cm³/mol. The molecular formula is C6H17N3O2Si. The van der Waals surface area contributed by atoms with Crippen LogP contribution in [0.15, 0.2) is 0 Å². The standard InChI is InChI=1S/C6H17N3O2Si/c1-3-5-12(8,11-4-2)9-6(7)10/h3-5,8H2,1-2H3,(H3,7,9,10). The van der Waals surface area contributed by atoms with Crippen molar-refractivity contribution in [1.29, 1.82) is 0 Å². The van der Waals surface area contributed by atoms with Crippen LogP contribution in [-0.2, 0) is 4.43 Å². The quantitative estimate of drug-likeness (QED) is 0.534. The lowest BCUT2D eigenvalue weighted by molar-refractivity contribution is 0.247. The van der Waals surface area contributed by atoms with Gasteiger partial charge >= 0.3 is 14.7 Å². The Morgan fingerprint density at radius 2 is 2.17 bits per heavy atom. The van der Waals surface area contributed by atoms with Crippen LogP contribution < -0.4 is 16.1 Å². The number of rotatable bonds is 5. The molecular weight excluding hydrogens is 174 g/mol. The lowest BCUT2D eigenvalue weighted by Gasteiger charge is -2.24. The fourth-order valence-corrected chi connectivity index (χ4v) is 3.02. The number of hydrogen-bond donors (Lipinski definition) is 3. The minimum atomic E-state index is -2.54. The van der Waals surface area contributed by atoms with E-state index in [2.05, 4.69) is 4.98 Å². The molecule has 12 heavy (non-hydrogen) atoms. The second-order valence-corrected chi connectivity index (χ2v) is 5.38. The lowest BCUT2D eigenvalue weighted by Crippen LogP contribution is -2.64. The van der Waals surface area contributed by atoms with E-state index in [4.69, 9.17) is 15.6 Å². The van der Waals surface area contributed by atoms with E-state index in [9.17, 15) is 4.79 Å². The zero-order valence-corrected chi connectivity index (χ0v) is 8.59. The van der Waals surface area contributed by atoms with Crippen LogP contribution in [0.2, 0.25) is 6.04 Å². The summed E-state index contributed by atoms with van der Waals surface area (Å²) in [5, 5.41) is 5.82. The van der Waals surface area contributed by atoms with Gasteiger partial charge in [-0.1, -0.05) is 13.3 Å². The van der Waals surface area contributed by atoms with Crippen LogP contribution in [0.25, 0.3) is 0 Å². The maximum Gasteiger partial charge on any atom is 0.383 e. The highest BCUT2D eigenvalue weighted by atomic mass is 28.4. The normalized spacial score (nSPS) is 15.2. The molecule has 0 aliphatic carbocycles. The van der Waals surface area contributed by atoms with Crippen molar-refractivity contribution in [1.82, 2.24) is 4.98 Å².